The molecule has 0 radical (unpaired) electrons. The third-order valence-electron chi connectivity index (χ3n) is 2.92. The fraction of sp³-hybridized carbons (Fsp3) is 0.600. The van der Waals surface area contributed by atoms with Gasteiger partial charge in [0, 0.05) is 19.6 Å². The van der Waals surface area contributed by atoms with Crippen LogP contribution in [0.5, 0.6) is 0 Å². The molecule has 0 aliphatic heterocycles. The summed E-state index contributed by atoms with van der Waals surface area (Å²) in [6.07, 6.45) is 3.24. The summed E-state index contributed by atoms with van der Waals surface area (Å²) in [5.74, 6) is 1.26. The Bertz CT molecular complexity index is 290. The summed E-state index contributed by atoms with van der Waals surface area (Å²) in [4.78, 5) is 0. The number of halogens is 1. The van der Waals surface area contributed by atoms with Gasteiger partial charge in [-0.1, -0.05) is 30.3 Å². The standard InChI is InChI=1S/C15H23ClO2/c1-17-10-11-18-9-5-8-15(13-16)12-14-6-3-2-4-7-14/h2-4,6-7,15H,5,8-13H2,1H3. The molecule has 3 heteroatoms. The molecule has 1 unspecified atom stereocenters. The van der Waals surface area contributed by atoms with E-state index < -0.39 is 0 Å². The van der Waals surface area contributed by atoms with Crippen LogP contribution in [0.4, 0.5) is 0 Å². The molecule has 0 aliphatic rings. The highest BCUT2D eigenvalue weighted by atomic mass is 35.5. The molecular weight excluding hydrogens is 248 g/mol. The number of ether oxygens (including phenoxy) is 2. The minimum atomic E-state index is 0.542. The number of rotatable bonds is 10. The zero-order valence-corrected chi connectivity index (χ0v) is 11.9. The topological polar surface area (TPSA) is 18.5 Å². The van der Waals surface area contributed by atoms with Crippen LogP contribution in [0, 0.1) is 5.92 Å². The zero-order valence-electron chi connectivity index (χ0n) is 11.1. The van der Waals surface area contributed by atoms with Crippen LogP contribution in [-0.2, 0) is 15.9 Å². The van der Waals surface area contributed by atoms with E-state index in [4.69, 9.17) is 21.1 Å². The molecule has 18 heavy (non-hydrogen) atoms. The lowest BCUT2D eigenvalue weighted by Gasteiger charge is -2.13. The minimum absolute atomic E-state index is 0.542. The molecule has 0 N–H and O–H groups in total. The zero-order chi connectivity index (χ0) is 13.1. The van der Waals surface area contributed by atoms with E-state index in [2.05, 4.69) is 24.3 Å². The van der Waals surface area contributed by atoms with Gasteiger partial charge in [-0.25, -0.2) is 0 Å². The van der Waals surface area contributed by atoms with Gasteiger partial charge in [0.1, 0.15) is 0 Å². The Morgan fingerprint density at radius 3 is 2.56 bits per heavy atom. The Morgan fingerprint density at radius 1 is 1.11 bits per heavy atom. The molecule has 1 atom stereocenters. The average Bonchev–Trinajstić information content (AvgIpc) is 2.42. The molecule has 1 aromatic carbocycles. The molecule has 2 nitrogen and oxygen atoms in total. The third kappa shape index (κ3) is 7.00. The van der Waals surface area contributed by atoms with Gasteiger partial charge in [-0.2, -0.15) is 0 Å². The lowest BCUT2D eigenvalue weighted by atomic mass is 9.97. The van der Waals surface area contributed by atoms with Crippen molar-refractivity contribution in [3.05, 3.63) is 35.9 Å². The average molecular weight is 271 g/mol. The van der Waals surface area contributed by atoms with Crippen LogP contribution in [0.25, 0.3) is 0 Å². The molecule has 0 heterocycles. The highest BCUT2D eigenvalue weighted by molar-refractivity contribution is 6.18. The van der Waals surface area contributed by atoms with Gasteiger partial charge in [-0.3, -0.25) is 0 Å². The maximum Gasteiger partial charge on any atom is 0.0700 e. The van der Waals surface area contributed by atoms with Crippen molar-refractivity contribution < 1.29 is 9.47 Å². The van der Waals surface area contributed by atoms with Crippen LogP contribution < -0.4 is 0 Å². The first-order valence-electron chi connectivity index (χ1n) is 6.53. The lowest BCUT2D eigenvalue weighted by molar-refractivity contribution is 0.0675. The Kier molecular flexibility index (Phi) is 8.92. The van der Waals surface area contributed by atoms with Crippen LogP contribution >= 0.6 is 11.6 Å². The molecule has 0 spiro atoms. The Labute approximate surface area is 115 Å². The summed E-state index contributed by atoms with van der Waals surface area (Å²) in [6, 6.07) is 10.5. The van der Waals surface area contributed by atoms with Crippen LogP contribution in [0.3, 0.4) is 0 Å². The first kappa shape index (κ1) is 15.5. The molecule has 0 fully saturated rings. The van der Waals surface area contributed by atoms with E-state index in [-0.39, 0.29) is 0 Å². The summed E-state index contributed by atoms with van der Waals surface area (Å²) in [6.45, 7) is 2.15. The van der Waals surface area contributed by atoms with Crippen LogP contribution in [0.2, 0.25) is 0 Å². The number of methoxy groups -OCH3 is 1. The lowest BCUT2D eigenvalue weighted by Crippen LogP contribution is -2.09. The van der Waals surface area contributed by atoms with Gasteiger partial charge >= 0.3 is 0 Å². The first-order chi connectivity index (χ1) is 8.86. The smallest absolute Gasteiger partial charge is 0.0700 e. The first-order valence-corrected chi connectivity index (χ1v) is 7.07. The van der Waals surface area contributed by atoms with Crippen molar-refractivity contribution in [2.24, 2.45) is 5.92 Å². The van der Waals surface area contributed by atoms with Gasteiger partial charge in [0.25, 0.3) is 0 Å². The van der Waals surface area contributed by atoms with E-state index in [1.165, 1.54) is 5.56 Å². The van der Waals surface area contributed by atoms with Gasteiger partial charge in [-0.05, 0) is 30.7 Å². The molecule has 0 amide bonds. The van der Waals surface area contributed by atoms with Crippen molar-refractivity contribution in [3.8, 4) is 0 Å². The predicted octanol–water partition coefficient (Wildman–Crippen LogP) is 3.53. The fourth-order valence-electron chi connectivity index (χ4n) is 1.90. The second-order valence-corrected chi connectivity index (χ2v) is 4.77. The second-order valence-electron chi connectivity index (χ2n) is 4.46. The van der Waals surface area contributed by atoms with Gasteiger partial charge in [-0.15, -0.1) is 11.6 Å². The molecule has 0 bridgehead atoms. The minimum Gasteiger partial charge on any atom is -0.382 e. The fourth-order valence-corrected chi connectivity index (χ4v) is 2.16. The maximum absolute atomic E-state index is 6.02. The molecule has 0 aliphatic carbocycles. The highest BCUT2D eigenvalue weighted by Crippen LogP contribution is 2.15. The summed E-state index contributed by atoms with van der Waals surface area (Å²) >= 11 is 6.02. The van der Waals surface area contributed by atoms with Crippen molar-refractivity contribution >= 4 is 11.6 Å². The van der Waals surface area contributed by atoms with Crippen molar-refractivity contribution in [2.45, 2.75) is 19.3 Å². The molecule has 0 saturated carbocycles. The van der Waals surface area contributed by atoms with Gasteiger partial charge in [0.15, 0.2) is 0 Å². The summed E-state index contributed by atoms with van der Waals surface area (Å²) in [7, 11) is 1.69. The van der Waals surface area contributed by atoms with Gasteiger partial charge in [0.2, 0.25) is 0 Å². The quantitative estimate of drug-likeness (QED) is 0.478. The van der Waals surface area contributed by atoms with Crippen LogP contribution in [0.15, 0.2) is 30.3 Å². The van der Waals surface area contributed by atoms with Crippen molar-refractivity contribution in [1.29, 1.82) is 0 Å². The maximum atomic E-state index is 6.02. The van der Waals surface area contributed by atoms with Crippen LogP contribution in [0.1, 0.15) is 18.4 Å². The third-order valence-corrected chi connectivity index (χ3v) is 3.35. The molecule has 0 saturated heterocycles. The SMILES string of the molecule is COCCOCCCC(CCl)Cc1ccccc1. The number of hydrogen-bond acceptors (Lipinski definition) is 2. The largest absolute Gasteiger partial charge is 0.382 e. The van der Waals surface area contributed by atoms with E-state index >= 15 is 0 Å². The summed E-state index contributed by atoms with van der Waals surface area (Å²) < 4.78 is 10.4. The Morgan fingerprint density at radius 2 is 1.89 bits per heavy atom. The molecular formula is C15H23ClO2. The van der Waals surface area contributed by atoms with Crippen molar-refractivity contribution in [3.63, 3.8) is 0 Å². The van der Waals surface area contributed by atoms with Crippen LogP contribution in [-0.4, -0.2) is 32.8 Å². The monoisotopic (exact) mass is 270 g/mol. The predicted molar refractivity (Wildman–Crippen MR) is 76.3 cm³/mol. The Hall–Kier alpha value is -0.570. The van der Waals surface area contributed by atoms with Crippen molar-refractivity contribution in [1.82, 2.24) is 0 Å². The van der Waals surface area contributed by atoms with E-state index in [0.717, 1.165) is 25.9 Å². The van der Waals surface area contributed by atoms with Gasteiger partial charge < -0.3 is 9.47 Å². The number of benzene rings is 1. The van der Waals surface area contributed by atoms with E-state index in [1.54, 1.807) is 7.11 Å². The Balaban J connectivity index is 2.14. The normalized spacial score (nSPS) is 12.6. The highest BCUT2D eigenvalue weighted by Gasteiger charge is 2.08. The van der Waals surface area contributed by atoms with E-state index in [1.807, 2.05) is 6.07 Å². The van der Waals surface area contributed by atoms with E-state index in [9.17, 15) is 0 Å². The molecule has 0 aromatic heterocycles. The molecule has 102 valence electrons. The number of hydrogen-bond donors (Lipinski definition) is 0. The number of alkyl halides is 1. The summed E-state index contributed by atoms with van der Waals surface area (Å²) in [5.41, 5.74) is 1.36. The summed E-state index contributed by atoms with van der Waals surface area (Å²) in [5, 5.41) is 0. The molecule has 1 aromatic rings. The molecule has 1 rings (SSSR count). The van der Waals surface area contributed by atoms with Crippen molar-refractivity contribution in [2.75, 3.05) is 32.8 Å². The van der Waals surface area contributed by atoms with E-state index in [0.29, 0.717) is 25.0 Å². The second kappa shape index (κ2) is 10.4. The van der Waals surface area contributed by atoms with Gasteiger partial charge in [0.05, 0.1) is 13.2 Å².